The fraction of sp³-hybridized carbons (Fsp3) is 0.933. The molecule has 0 fully saturated rings. The topological polar surface area (TPSA) is 58.6 Å². The molecule has 0 spiro atoms. The lowest BCUT2D eigenvalue weighted by molar-refractivity contribution is -0.122. The molecule has 0 unspecified atom stereocenters. The molecule has 0 aliphatic rings. The Morgan fingerprint density at radius 3 is 2.42 bits per heavy atom. The van der Waals surface area contributed by atoms with Crippen LogP contribution in [0.1, 0.15) is 65.2 Å². The van der Waals surface area contributed by atoms with Gasteiger partial charge in [-0.15, -0.1) is 0 Å². The molecule has 0 aromatic rings. The number of ether oxygens (including phenoxy) is 1. The molecule has 0 bridgehead atoms. The van der Waals surface area contributed by atoms with Gasteiger partial charge in [0.2, 0.25) is 5.91 Å². The smallest absolute Gasteiger partial charge is 0.220 e. The SMILES string of the molecule is CCCCCCCC(=O)NC[C@@H](CO)OCCCC. The van der Waals surface area contributed by atoms with E-state index in [4.69, 9.17) is 9.84 Å². The maximum absolute atomic E-state index is 11.6. The van der Waals surface area contributed by atoms with E-state index in [1.807, 2.05) is 0 Å². The summed E-state index contributed by atoms with van der Waals surface area (Å²) in [5, 5.41) is 12.0. The summed E-state index contributed by atoms with van der Waals surface area (Å²) in [5.74, 6) is 0.0639. The first-order chi connectivity index (χ1) is 9.24. The Kier molecular flexibility index (Phi) is 13.4. The lowest BCUT2D eigenvalue weighted by atomic mass is 10.1. The molecule has 0 aliphatic heterocycles. The van der Waals surface area contributed by atoms with Gasteiger partial charge in [-0.05, 0) is 12.8 Å². The second kappa shape index (κ2) is 13.8. The van der Waals surface area contributed by atoms with Crippen LogP contribution in [0.25, 0.3) is 0 Å². The first-order valence-electron chi connectivity index (χ1n) is 7.73. The van der Waals surface area contributed by atoms with E-state index in [0.717, 1.165) is 25.7 Å². The van der Waals surface area contributed by atoms with Crippen LogP contribution >= 0.6 is 0 Å². The van der Waals surface area contributed by atoms with E-state index in [1.54, 1.807) is 0 Å². The van der Waals surface area contributed by atoms with Gasteiger partial charge in [0.05, 0.1) is 12.7 Å². The zero-order valence-corrected chi connectivity index (χ0v) is 12.6. The molecule has 0 heterocycles. The lowest BCUT2D eigenvalue weighted by Crippen LogP contribution is -2.35. The van der Waals surface area contributed by atoms with Crippen molar-refractivity contribution in [2.75, 3.05) is 19.8 Å². The number of hydrogen-bond acceptors (Lipinski definition) is 3. The number of carbonyl (C=O) groups excluding carboxylic acids is 1. The van der Waals surface area contributed by atoms with Crippen LogP contribution in [0, 0.1) is 0 Å². The van der Waals surface area contributed by atoms with Gasteiger partial charge in [0.1, 0.15) is 0 Å². The van der Waals surface area contributed by atoms with Crippen molar-refractivity contribution >= 4 is 5.91 Å². The maximum Gasteiger partial charge on any atom is 0.220 e. The fourth-order valence-electron chi connectivity index (χ4n) is 1.78. The number of hydrogen-bond donors (Lipinski definition) is 2. The van der Waals surface area contributed by atoms with Crippen molar-refractivity contribution in [3.8, 4) is 0 Å². The molecule has 0 aliphatic carbocycles. The lowest BCUT2D eigenvalue weighted by Gasteiger charge is -2.16. The largest absolute Gasteiger partial charge is 0.394 e. The van der Waals surface area contributed by atoms with E-state index in [-0.39, 0.29) is 18.6 Å². The third-order valence-electron chi connectivity index (χ3n) is 3.09. The number of nitrogens with one attached hydrogen (secondary N) is 1. The van der Waals surface area contributed by atoms with Crippen LogP contribution in [0.15, 0.2) is 0 Å². The van der Waals surface area contributed by atoms with E-state index in [2.05, 4.69) is 19.2 Å². The monoisotopic (exact) mass is 273 g/mol. The number of carbonyl (C=O) groups is 1. The highest BCUT2D eigenvalue weighted by Gasteiger charge is 2.09. The van der Waals surface area contributed by atoms with Gasteiger partial charge in [0, 0.05) is 19.6 Å². The average molecular weight is 273 g/mol. The van der Waals surface area contributed by atoms with Crippen molar-refractivity contribution in [1.29, 1.82) is 0 Å². The molecule has 0 aromatic heterocycles. The minimum Gasteiger partial charge on any atom is -0.394 e. The van der Waals surface area contributed by atoms with Crippen LogP contribution in [0.5, 0.6) is 0 Å². The van der Waals surface area contributed by atoms with Gasteiger partial charge in [0.15, 0.2) is 0 Å². The number of unbranched alkanes of at least 4 members (excludes halogenated alkanes) is 5. The average Bonchev–Trinajstić information content (AvgIpc) is 2.42. The Morgan fingerprint density at radius 1 is 1.11 bits per heavy atom. The quantitative estimate of drug-likeness (QED) is 0.507. The number of amides is 1. The van der Waals surface area contributed by atoms with Crippen LogP contribution in [-0.2, 0) is 9.53 Å². The van der Waals surface area contributed by atoms with Crippen LogP contribution in [0.2, 0.25) is 0 Å². The predicted molar refractivity (Wildman–Crippen MR) is 78.1 cm³/mol. The van der Waals surface area contributed by atoms with Gasteiger partial charge in [-0.2, -0.15) is 0 Å². The summed E-state index contributed by atoms with van der Waals surface area (Å²) >= 11 is 0. The van der Waals surface area contributed by atoms with Crippen LogP contribution in [0.3, 0.4) is 0 Å². The summed E-state index contributed by atoms with van der Waals surface area (Å²) in [6, 6.07) is 0. The Balaban J connectivity index is 3.51. The summed E-state index contributed by atoms with van der Waals surface area (Å²) < 4.78 is 5.47. The zero-order valence-electron chi connectivity index (χ0n) is 12.6. The highest BCUT2D eigenvalue weighted by molar-refractivity contribution is 5.75. The highest BCUT2D eigenvalue weighted by Crippen LogP contribution is 2.04. The number of aliphatic hydroxyl groups is 1. The standard InChI is InChI=1S/C15H31NO3/c1-3-5-7-8-9-10-15(18)16-12-14(13-17)19-11-6-4-2/h14,17H,3-13H2,1-2H3,(H,16,18)/t14-/m0/s1. The molecule has 0 radical (unpaired) electrons. The molecule has 2 N–H and O–H groups in total. The van der Waals surface area contributed by atoms with Gasteiger partial charge < -0.3 is 15.2 Å². The Hall–Kier alpha value is -0.610. The second-order valence-corrected chi connectivity index (χ2v) is 5.00. The van der Waals surface area contributed by atoms with Crippen molar-refractivity contribution in [3.63, 3.8) is 0 Å². The summed E-state index contributed by atoms with van der Waals surface area (Å²) in [6.45, 7) is 5.29. The van der Waals surface area contributed by atoms with E-state index in [1.165, 1.54) is 19.3 Å². The summed E-state index contributed by atoms with van der Waals surface area (Å²) in [5.41, 5.74) is 0. The fourth-order valence-corrected chi connectivity index (χ4v) is 1.78. The Bertz CT molecular complexity index is 210. The van der Waals surface area contributed by atoms with Gasteiger partial charge >= 0.3 is 0 Å². The van der Waals surface area contributed by atoms with Crippen molar-refractivity contribution in [2.45, 2.75) is 71.3 Å². The third-order valence-corrected chi connectivity index (χ3v) is 3.09. The van der Waals surface area contributed by atoms with E-state index < -0.39 is 0 Å². The van der Waals surface area contributed by atoms with Gasteiger partial charge in [-0.25, -0.2) is 0 Å². The van der Waals surface area contributed by atoms with Crippen LogP contribution in [0.4, 0.5) is 0 Å². The third kappa shape index (κ3) is 12.2. The molecule has 1 atom stereocenters. The predicted octanol–water partition coefficient (Wildman–Crippen LogP) is 2.64. The van der Waals surface area contributed by atoms with E-state index >= 15 is 0 Å². The summed E-state index contributed by atoms with van der Waals surface area (Å²) in [4.78, 5) is 11.6. The van der Waals surface area contributed by atoms with Crippen molar-refractivity contribution in [1.82, 2.24) is 5.32 Å². The van der Waals surface area contributed by atoms with E-state index in [0.29, 0.717) is 19.6 Å². The summed E-state index contributed by atoms with van der Waals surface area (Å²) in [6.07, 6.45) is 8.13. The first kappa shape index (κ1) is 18.4. The normalized spacial score (nSPS) is 12.4. The zero-order chi connectivity index (χ0) is 14.3. The molecular formula is C15H31NO3. The Labute approximate surface area is 117 Å². The molecule has 0 saturated heterocycles. The molecule has 0 rings (SSSR count). The molecule has 1 amide bonds. The van der Waals surface area contributed by atoms with Crippen molar-refractivity contribution in [3.05, 3.63) is 0 Å². The molecule has 0 aromatic carbocycles. The van der Waals surface area contributed by atoms with Gasteiger partial charge in [-0.3, -0.25) is 4.79 Å². The Morgan fingerprint density at radius 2 is 1.79 bits per heavy atom. The molecule has 0 saturated carbocycles. The van der Waals surface area contributed by atoms with Crippen LogP contribution < -0.4 is 5.32 Å². The number of rotatable bonds is 13. The molecule has 4 heteroatoms. The maximum atomic E-state index is 11.6. The molecule has 19 heavy (non-hydrogen) atoms. The van der Waals surface area contributed by atoms with Crippen molar-refractivity contribution < 1.29 is 14.6 Å². The first-order valence-corrected chi connectivity index (χ1v) is 7.73. The number of aliphatic hydroxyl groups excluding tert-OH is 1. The van der Waals surface area contributed by atoms with Crippen molar-refractivity contribution in [2.24, 2.45) is 0 Å². The van der Waals surface area contributed by atoms with Crippen LogP contribution in [-0.4, -0.2) is 36.9 Å². The molecule has 114 valence electrons. The molecule has 4 nitrogen and oxygen atoms in total. The minimum absolute atomic E-state index is 0.0412. The second-order valence-electron chi connectivity index (χ2n) is 5.00. The molecular weight excluding hydrogens is 242 g/mol. The highest BCUT2D eigenvalue weighted by atomic mass is 16.5. The summed E-state index contributed by atoms with van der Waals surface area (Å²) in [7, 11) is 0. The van der Waals surface area contributed by atoms with Gasteiger partial charge in [-0.1, -0.05) is 46.0 Å². The van der Waals surface area contributed by atoms with Gasteiger partial charge in [0.25, 0.3) is 0 Å². The van der Waals surface area contributed by atoms with E-state index in [9.17, 15) is 4.79 Å². The minimum atomic E-state index is -0.268.